The Balaban J connectivity index is 1.96. The summed E-state index contributed by atoms with van der Waals surface area (Å²) in [5.74, 6) is 0.103. The van der Waals surface area contributed by atoms with E-state index in [-0.39, 0.29) is 18.7 Å². The Morgan fingerprint density at radius 1 is 0.857 bits per heavy atom. The first-order valence-electron chi connectivity index (χ1n) is 8.69. The fraction of sp³-hybridized carbons (Fsp3) is 0.333. The van der Waals surface area contributed by atoms with Gasteiger partial charge in [-0.05, 0) is 31.5 Å². The topological polar surface area (TPSA) is 83.1 Å². The van der Waals surface area contributed by atoms with Crippen LogP contribution in [0.15, 0.2) is 30.3 Å². The molecule has 2 aromatic rings. The zero-order chi connectivity index (χ0) is 20.7. The quantitative estimate of drug-likeness (QED) is 0.702. The molecular weight excluding hydrogens is 362 g/mol. The number of methoxy groups -OCH3 is 3. The summed E-state index contributed by atoms with van der Waals surface area (Å²) in [6.45, 7) is 3.87. The smallest absolute Gasteiger partial charge is 0.325 e. The summed E-state index contributed by atoms with van der Waals surface area (Å²) >= 11 is 0. The molecule has 0 aliphatic rings. The van der Waals surface area contributed by atoms with Crippen LogP contribution < -0.4 is 19.5 Å². The average molecular weight is 387 g/mol. The number of benzene rings is 2. The van der Waals surface area contributed by atoms with Crippen LogP contribution in [0, 0.1) is 13.8 Å². The summed E-state index contributed by atoms with van der Waals surface area (Å²) in [5.41, 5.74) is 3.38. The van der Waals surface area contributed by atoms with E-state index in [0.29, 0.717) is 17.2 Å². The van der Waals surface area contributed by atoms with Crippen LogP contribution in [0.3, 0.4) is 0 Å². The molecule has 0 radical (unpaired) electrons. The van der Waals surface area contributed by atoms with Gasteiger partial charge in [0, 0.05) is 5.56 Å². The molecule has 7 nitrogen and oxygen atoms in total. The number of hydrogen-bond donors (Lipinski definition) is 1. The molecule has 0 aromatic heterocycles. The van der Waals surface area contributed by atoms with E-state index in [1.54, 1.807) is 0 Å². The van der Waals surface area contributed by atoms with Gasteiger partial charge in [0.25, 0.3) is 5.91 Å². The third-order valence-electron chi connectivity index (χ3n) is 4.00. The highest BCUT2D eigenvalue weighted by Gasteiger charge is 2.17. The molecule has 0 saturated heterocycles. The van der Waals surface area contributed by atoms with Gasteiger partial charge in [-0.1, -0.05) is 29.3 Å². The van der Waals surface area contributed by atoms with Crippen molar-refractivity contribution in [2.75, 3.05) is 27.9 Å². The third kappa shape index (κ3) is 5.39. The number of hydrogen-bond acceptors (Lipinski definition) is 6. The van der Waals surface area contributed by atoms with Gasteiger partial charge in [-0.2, -0.15) is 0 Å². The summed E-state index contributed by atoms with van der Waals surface area (Å²) in [6, 6.07) is 8.97. The van der Waals surface area contributed by atoms with Crippen molar-refractivity contribution in [3.8, 4) is 17.2 Å². The maximum absolute atomic E-state index is 12.4. The maximum Gasteiger partial charge on any atom is 0.325 e. The second-order valence-electron chi connectivity index (χ2n) is 6.25. The lowest BCUT2D eigenvalue weighted by Crippen LogP contribution is -2.30. The Hall–Kier alpha value is -3.22. The third-order valence-corrected chi connectivity index (χ3v) is 4.00. The van der Waals surface area contributed by atoms with E-state index in [1.165, 1.54) is 33.5 Å². The van der Waals surface area contributed by atoms with Crippen LogP contribution in [0.4, 0.5) is 0 Å². The Labute approximate surface area is 164 Å². The standard InChI is InChI=1S/C21H25NO6/c1-13-6-14(2)8-15(7-13)12-28-19(23)11-22-21(24)16-9-17(25-3)20(27-5)18(10-16)26-4/h6-10H,11-12H2,1-5H3,(H,22,24). The Morgan fingerprint density at radius 2 is 1.43 bits per heavy atom. The van der Waals surface area contributed by atoms with Crippen molar-refractivity contribution in [1.29, 1.82) is 0 Å². The van der Waals surface area contributed by atoms with Gasteiger partial charge >= 0.3 is 5.97 Å². The summed E-state index contributed by atoms with van der Waals surface area (Å²) in [4.78, 5) is 24.3. The van der Waals surface area contributed by atoms with E-state index in [2.05, 4.69) is 5.32 Å². The second kappa shape index (κ2) is 9.64. The Kier molecular flexibility index (Phi) is 7.26. The number of aryl methyl sites for hydroxylation is 2. The predicted octanol–water partition coefficient (Wildman–Crippen LogP) is 2.80. The van der Waals surface area contributed by atoms with Gasteiger partial charge in [0.2, 0.25) is 5.75 Å². The maximum atomic E-state index is 12.4. The molecule has 7 heteroatoms. The minimum Gasteiger partial charge on any atom is -0.493 e. The van der Waals surface area contributed by atoms with Gasteiger partial charge in [0.1, 0.15) is 13.2 Å². The first-order valence-corrected chi connectivity index (χ1v) is 8.69. The number of ether oxygens (including phenoxy) is 4. The van der Waals surface area contributed by atoms with Gasteiger partial charge < -0.3 is 24.3 Å². The van der Waals surface area contributed by atoms with Gasteiger partial charge in [-0.3, -0.25) is 9.59 Å². The molecule has 0 atom stereocenters. The minimum atomic E-state index is -0.528. The van der Waals surface area contributed by atoms with E-state index in [1.807, 2.05) is 32.0 Å². The molecule has 2 rings (SSSR count). The number of carbonyl (C=O) groups is 2. The molecule has 1 amide bonds. The molecule has 28 heavy (non-hydrogen) atoms. The molecule has 0 bridgehead atoms. The van der Waals surface area contributed by atoms with Crippen molar-refractivity contribution in [3.05, 3.63) is 52.6 Å². The molecule has 0 saturated carbocycles. The van der Waals surface area contributed by atoms with E-state index in [9.17, 15) is 9.59 Å². The number of amides is 1. The van der Waals surface area contributed by atoms with Crippen molar-refractivity contribution in [1.82, 2.24) is 5.32 Å². The van der Waals surface area contributed by atoms with Crippen LogP contribution in [0.25, 0.3) is 0 Å². The SMILES string of the molecule is COc1cc(C(=O)NCC(=O)OCc2cc(C)cc(C)c2)cc(OC)c1OC. The summed E-state index contributed by atoms with van der Waals surface area (Å²) in [5, 5.41) is 2.53. The molecule has 0 spiro atoms. The van der Waals surface area contributed by atoms with Crippen LogP contribution >= 0.6 is 0 Å². The number of esters is 1. The van der Waals surface area contributed by atoms with Crippen LogP contribution in [-0.2, 0) is 16.1 Å². The van der Waals surface area contributed by atoms with Gasteiger partial charge in [-0.25, -0.2) is 0 Å². The fourth-order valence-electron chi connectivity index (χ4n) is 2.83. The first kappa shape index (κ1) is 21.1. The lowest BCUT2D eigenvalue weighted by atomic mass is 10.1. The number of carbonyl (C=O) groups excluding carboxylic acids is 2. The van der Waals surface area contributed by atoms with Gasteiger partial charge in [-0.15, -0.1) is 0 Å². The van der Waals surface area contributed by atoms with Gasteiger partial charge in [0.05, 0.1) is 21.3 Å². The average Bonchev–Trinajstić information content (AvgIpc) is 2.68. The summed E-state index contributed by atoms with van der Waals surface area (Å²) < 4.78 is 20.9. The molecule has 0 unspecified atom stereocenters. The molecule has 1 N–H and O–H groups in total. The Bertz CT molecular complexity index is 817. The van der Waals surface area contributed by atoms with Gasteiger partial charge in [0.15, 0.2) is 11.5 Å². The molecule has 0 aliphatic heterocycles. The van der Waals surface area contributed by atoms with Crippen LogP contribution in [0.2, 0.25) is 0 Å². The normalized spacial score (nSPS) is 10.2. The van der Waals surface area contributed by atoms with E-state index < -0.39 is 11.9 Å². The van der Waals surface area contributed by atoms with E-state index >= 15 is 0 Å². The molecule has 150 valence electrons. The van der Waals surface area contributed by atoms with Crippen LogP contribution in [-0.4, -0.2) is 39.8 Å². The van der Waals surface area contributed by atoms with Crippen LogP contribution in [0.1, 0.15) is 27.0 Å². The van der Waals surface area contributed by atoms with Crippen molar-refractivity contribution in [2.24, 2.45) is 0 Å². The second-order valence-corrected chi connectivity index (χ2v) is 6.25. The first-order chi connectivity index (χ1) is 13.4. The minimum absolute atomic E-state index is 0.154. The highest BCUT2D eigenvalue weighted by atomic mass is 16.5. The molecule has 0 heterocycles. The van der Waals surface area contributed by atoms with E-state index in [0.717, 1.165) is 16.7 Å². The summed E-state index contributed by atoms with van der Waals surface area (Å²) in [6.07, 6.45) is 0. The van der Waals surface area contributed by atoms with E-state index in [4.69, 9.17) is 18.9 Å². The lowest BCUT2D eigenvalue weighted by molar-refractivity contribution is -0.143. The number of rotatable bonds is 8. The fourth-order valence-corrected chi connectivity index (χ4v) is 2.83. The summed E-state index contributed by atoms with van der Waals surface area (Å²) in [7, 11) is 4.40. The number of nitrogens with one attached hydrogen (secondary N) is 1. The predicted molar refractivity (Wildman–Crippen MR) is 104 cm³/mol. The Morgan fingerprint density at radius 3 is 1.93 bits per heavy atom. The van der Waals surface area contributed by atoms with Crippen molar-refractivity contribution in [3.63, 3.8) is 0 Å². The largest absolute Gasteiger partial charge is 0.493 e. The lowest BCUT2D eigenvalue weighted by Gasteiger charge is -2.14. The van der Waals surface area contributed by atoms with Crippen LogP contribution in [0.5, 0.6) is 17.2 Å². The molecule has 0 fully saturated rings. The van der Waals surface area contributed by atoms with Crippen molar-refractivity contribution >= 4 is 11.9 Å². The molecule has 2 aromatic carbocycles. The van der Waals surface area contributed by atoms with Crippen molar-refractivity contribution in [2.45, 2.75) is 20.5 Å². The monoisotopic (exact) mass is 387 g/mol. The highest BCUT2D eigenvalue weighted by molar-refractivity contribution is 5.97. The van der Waals surface area contributed by atoms with Crippen molar-refractivity contribution < 1.29 is 28.5 Å². The zero-order valence-electron chi connectivity index (χ0n) is 16.8. The molecular formula is C21H25NO6. The molecule has 0 aliphatic carbocycles. The zero-order valence-corrected chi connectivity index (χ0v) is 16.8. The highest BCUT2D eigenvalue weighted by Crippen LogP contribution is 2.38.